The first-order chi connectivity index (χ1) is 29.8. The van der Waals surface area contributed by atoms with E-state index in [0.29, 0.717) is 12.8 Å². The Labute approximate surface area is 371 Å². The summed E-state index contributed by atoms with van der Waals surface area (Å²) in [4.78, 5) is 34.5. The molecule has 0 aromatic carbocycles. The molecule has 3 N–H and O–H groups in total. The number of aliphatic hydroxyl groups excluding tert-OH is 2. The number of hydrogen-bond acceptors (Lipinski definition) is 9. The van der Waals surface area contributed by atoms with Gasteiger partial charge in [-0.05, 0) is 64.2 Å². The number of ether oxygens (including phenoxy) is 2. The molecule has 0 aliphatic carbocycles. The molecular formula is C50H87O10P. The van der Waals surface area contributed by atoms with Crippen LogP contribution in [0.5, 0.6) is 0 Å². The van der Waals surface area contributed by atoms with E-state index in [9.17, 15) is 29.3 Å². The highest BCUT2D eigenvalue weighted by molar-refractivity contribution is 7.47. The van der Waals surface area contributed by atoms with Crippen LogP contribution in [0.2, 0.25) is 0 Å². The van der Waals surface area contributed by atoms with Gasteiger partial charge in [0.15, 0.2) is 0 Å². The molecule has 0 saturated heterocycles. The molecule has 10 nitrogen and oxygen atoms in total. The van der Waals surface area contributed by atoms with E-state index in [-0.39, 0.29) is 12.8 Å². The highest BCUT2D eigenvalue weighted by Gasteiger charge is 2.27. The molecule has 0 aliphatic rings. The van der Waals surface area contributed by atoms with Crippen molar-refractivity contribution in [1.82, 2.24) is 0 Å². The van der Waals surface area contributed by atoms with Crippen molar-refractivity contribution >= 4 is 19.8 Å². The summed E-state index contributed by atoms with van der Waals surface area (Å²) in [6, 6.07) is 0. The number of phosphoric ester groups is 1. The maximum Gasteiger partial charge on any atom is 0.472 e. The van der Waals surface area contributed by atoms with Gasteiger partial charge in [-0.3, -0.25) is 18.6 Å². The normalized spacial score (nSPS) is 14.4. The first kappa shape index (κ1) is 58.4. The minimum Gasteiger partial charge on any atom is -0.457 e. The monoisotopic (exact) mass is 879 g/mol. The largest absolute Gasteiger partial charge is 0.472 e. The van der Waals surface area contributed by atoms with Gasteiger partial charge < -0.3 is 24.6 Å². The van der Waals surface area contributed by atoms with Gasteiger partial charge in [0.05, 0.1) is 32.8 Å². The Kier molecular flexibility index (Phi) is 43.5. The van der Waals surface area contributed by atoms with Gasteiger partial charge in [0.2, 0.25) is 0 Å². The van der Waals surface area contributed by atoms with Crippen molar-refractivity contribution in [3.63, 3.8) is 0 Å². The lowest BCUT2D eigenvalue weighted by molar-refractivity contribution is -0.153. The predicted octanol–water partition coefficient (Wildman–Crippen LogP) is 13.2. The Bertz CT molecular complexity index is 1240. The van der Waals surface area contributed by atoms with Gasteiger partial charge in [0.25, 0.3) is 0 Å². The minimum absolute atomic E-state index is 0.0426. The maximum atomic E-state index is 12.4. The summed E-state index contributed by atoms with van der Waals surface area (Å²) in [5.41, 5.74) is 0. The van der Waals surface area contributed by atoms with Crippen molar-refractivity contribution in [3.05, 3.63) is 72.9 Å². The zero-order valence-electron chi connectivity index (χ0n) is 38.4. The third-order valence-electron chi connectivity index (χ3n) is 9.94. The highest BCUT2D eigenvalue weighted by Crippen LogP contribution is 2.43. The molecule has 0 aliphatic heterocycles. The fourth-order valence-corrected chi connectivity index (χ4v) is 7.09. The molecule has 61 heavy (non-hydrogen) atoms. The molecule has 3 atom stereocenters. The number of rotatable bonds is 44. The maximum absolute atomic E-state index is 12.4. The fraction of sp³-hybridized carbons (Fsp3) is 0.720. The molecule has 0 spiro atoms. The smallest absolute Gasteiger partial charge is 0.457 e. The van der Waals surface area contributed by atoms with Crippen molar-refractivity contribution in [1.29, 1.82) is 0 Å². The number of esters is 2. The third kappa shape index (κ3) is 43.8. The predicted molar refractivity (Wildman–Crippen MR) is 251 cm³/mol. The molecule has 0 rings (SSSR count). The molecule has 0 radical (unpaired) electrons. The van der Waals surface area contributed by atoms with Gasteiger partial charge in [0.1, 0.15) is 12.2 Å². The number of carbonyl (C=O) groups excluding carboxylic acids is 2. The first-order valence-corrected chi connectivity index (χ1v) is 25.4. The zero-order valence-corrected chi connectivity index (χ0v) is 39.3. The Morgan fingerprint density at radius 2 is 0.836 bits per heavy atom. The van der Waals surface area contributed by atoms with Crippen LogP contribution >= 0.6 is 7.82 Å². The molecule has 0 aromatic rings. The summed E-state index contributed by atoms with van der Waals surface area (Å²) in [5.74, 6) is -1.15. The average molecular weight is 879 g/mol. The first-order valence-electron chi connectivity index (χ1n) is 23.9. The molecule has 3 unspecified atom stereocenters. The van der Waals surface area contributed by atoms with Crippen molar-refractivity contribution in [2.45, 2.75) is 206 Å². The Balaban J connectivity index is 3.92. The van der Waals surface area contributed by atoms with E-state index in [4.69, 9.17) is 18.5 Å². The number of unbranched alkanes of at least 4 members (excludes halogenated alkanes) is 19. The molecule has 0 aromatic heterocycles. The molecule has 0 saturated carbocycles. The van der Waals surface area contributed by atoms with Crippen LogP contribution in [0.3, 0.4) is 0 Å². The second-order valence-corrected chi connectivity index (χ2v) is 17.2. The standard InChI is InChI=1S/C50H87O10P/c1-3-5-7-9-11-13-15-17-19-20-21-22-23-24-25-26-28-30-32-34-36-38-40-42-50(54)60-48(44-52)46-58-61(55,56)57-45-47(43-51)59-49(53)41-39-37-35-33-31-29-27-18-16-14-12-10-8-6-4-2/h6,8,12,14,18,20-21,27,31,33,37,39,47-48,51-52H,3-5,7,9-11,13,15-17,19,22-26,28-30,32,34-36,38,40-46H2,1-2H3,(H,55,56)/b8-6-,14-12-,21-20-,27-18-,33-31-,39-37-. The van der Waals surface area contributed by atoms with Gasteiger partial charge in [-0.15, -0.1) is 0 Å². The van der Waals surface area contributed by atoms with Crippen LogP contribution in [0.1, 0.15) is 194 Å². The van der Waals surface area contributed by atoms with Crippen LogP contribution in [0.15, 0.2) is 72.9 Å². The number of phosphoric acid groups is 1. The SMILES string of the molecule is CC/C=C\C/C=C\C/C=C\C/C=C\C/C=C\CC(=O)OC(CO)COP(=O)(O)OCC(CO)OC(=O)CCCCCCCCCCCCC/C=C\CCCCCCCCCC. The summed E-state index contributed by atoms with van der Waals surface area (Å²) in [6.07, 6.45) is 53.4. The van der Waals surface area contributed by atoms with E-state index in [2.05, 4.69) is 62.5 Å². The number of allylic oxidation sites excluding steroid dienone is 11. The second kappa shape index (κ2) is 45.4. The van der Waals surface area contributed by atoms with Crippen LogP contribution < -0.4 is 0 Å². The van der Waals surface area contributed by atoms with Gasteiger partial charge in [-0.1, -0.05) is 189 Å². The molecule has 352 valence electrons. The second-order valence-electron chi connectivity index (χ2n) is 15.7. The average Bonchev–Trinajstić information content (AvgIpc) is 3.25. The summed E-state index contributed by atoms with van der Waals surface area (Å²) in [6.45, 7) is 1.99. The van der Waals surface area contributed by atoms with Crippen LogP contribution in [0.4, 0.5) is 0 Å². The lowest BCUT2D eigenvalue weighted by Gasteiger charge is -2.20. The number of hydrogen-bond donors (Lipinski definition) is 3. The van der Waals surface area contributed by atoms with E-state index < -0.39 is 58.4 Å². The van der Waals surface area contributed by atoms with E-state index in [1.807, 2.05) is 18.2 Å². The topological polar surface area (TPSA) is 149 Å². The molecule has 0 bridgehead atoms. The number of aliphatic hydroxyl groups is 2. The van der Waals surface area contributed by atoms with Crippen LogP contribution in [-0.4, -0.2) is 65.7 Å². The van der Waals surface area contributed by atoms with Crippen LogP contribution in [-0.2, 0) is 32.7 Å². The van der Waals surface area contributed by atoms with Crippen molar-refractivity contribution in [2.75, 3.05) is 26.4 Å². The van der Waals surface area contributed by atoms with E-state index in [0.717, 1.165) is 44.9 Å². The Hall–Kier alpha value is -2.59. The van der Waals surface area contributed by atoms with Gasteiger partial charge in [-0.25, -0.2) is 4.57 Å². The summed E-state index contributed by atoms with van der Waals surface area (Å²) in [7, 11) is -4.67. The van der Waals surface area contributed by atoms with E-state index in [1.165, 1.54) is 109 Å². The number of carbonyl (C=O) groups is 2. The Morgan fingerprint density at radius 3 is 1.25 bits per heavy atom. The quantitative estimate of drug-likeness (QED) is 0.0234. The third-order valence-corrected chi connectivity index (χ3v) is 10.9. The fourth-order valence-electron chi connectivity index (χ4n) is 6.30. The lowest BCUT2D eigenvalue weighted by atomic mass is 10.0. The van der Waals surface area contributed by atoms with Crippen LogP contribution in [0.25, 0.3) is 0 Å². The van der Waals surface area contributed by atoms with Crippen molar-refractivity contribution in [3.8, 4) is 0 Å². The minimum atomic E-state index is -4.67. The van der Waals surface area contributed by atoms with Crippen LogP contribution in [0, 0.1) is 0 Å². The molecule has 0 heterocycles. The lowest BCUT2D eigenvalue weighted by Crippen LogP contribution is -2.28. The summed E-state index contributed by atoms with van der Waals surface area (Å²) >= 11 is 0. The van der Waals surface area contributed by atoms with Gasteiger partial charge in [0, 0.05) is 6.42 Å². The van der Waals surface area contributed by atoms with Gasteiger partial charge >= 0.3 is 19.8 Å². The summed E-state index contributed by atoms with van der Waals surface area (Å²) in [5, 5.41) is 19.2. The van der Waals surface area contributed by atoms with Crippen molar-refractivity contribution < 1.29 is 47.8 Å². The molecule has 11 heteroatoms. The molecule has 0 amide bonds. The molecular weight excluding hydrogens is 792 g/mol. The van der Waals surface area contributed by atoms with Gasteiger partial charge in [-0.2, -0.15) is 0 Å². The van der Waals surface area contributed by atoms with E-state index >= 15 is 0 Å². The summed E-state index contributed by atoms with van der Waals surface area (Å²) < 4.78 is 32.5. The van der Waals surface area contributed by atoms with E-state index in [1.54, 1.807) is 6.08 Å². The molecule has 0 fully saturated rings. The zero-order chi connectivity index (χ0) is 44.8. The van der Waals surface area contributed by atoms with Crippen molar-refractivity contribution in [2.24, 2.45) is 0 Å². The highest BCUT2D eigenvalue weighted by atomic mass is 31.2. The Morgan fingerprint density at radius 1 is 0.475 bits per heavy atom.